The van der Waals surface area contributed by atoms with E-state index in [2.05, 4.69) is 5.32 Å². The van der Waals surface area contributed by atoms with Gasteiger partial charge in [-0.3, -0.25) is 23.7 Å². The fourth-order valence-electron chi connectivity index (χ4n) is 5.98. The van der Waals surface area contributed by atoms with Crippen molar-refractivity contribution in [2.24, 2.45) is 5.92 Å². The zero-order valence-corrected chi connectivity index (χ0v) is 27.9. The Hall–Kier alpha value is -4.89. The zero-order chi connectivity index (χ0) is 35.2. The molecule has 1 aromatic heterocycles. The Bertz CT molecular complexity index is 2010. The number of thiazole rings is 1. The number of fused-ring (bicyclic) bond motifs is 2. The van der Waals surface area contributed by atoms with Crippen LogP contribution >= 0.6 is 23.1 Å². The molecular formula is C34H29F3N4O6S2. The van der Waals surface area contributed by atoms with Gasteiger partial charge in [0.05, 0.1) is 40.1 Å². The predicted octanol–water partition coefficient (Wildman–Crippen LogP) is 5.61. The fraction of sp³-hybridized carbons (Fsp3) is 0.265. The summed E-state index contributed by atoms with van der Waals surface area (Å²) in [6.07, 6.45) is -4.72. The number of nitrogens with one attached hydrogen (secondary N) is 1. The smallest absolute Gasteiger partial charge is 0.418 e. The molecule has 3 amide bonds. The van der Waals surface area contributed by atoms with Crippen molar-refractivity contribution >= 4 is 63.9 Å². The number of hydrogen-bond acceptors (Lipinski definition) is 9. The first kappa shape index (κ1) is 34.0. The maximum absolute atomic E-state index is 14.2. The second kappa shape index (κ2) is 13.2. The third-order valence-corrected chi connectivity index (χ3v) is 10.9. The number of thioether (sulfide) groups is 1. The molecule has 0 aliphatic carbocycles. The van der Waals surface area contributed by atoms with Gasteiger partial charge in [0, 0.05) is 30.6 Å². The number of hydrogen-bond donors (Lipinski definition) is 1. The predicted molar refractivity (Wildman–Crippen MR) is 179 cm³/mol. The third kappa shape index (κ3) is 6.35. The van der Waals surface area contributed by atoms with E-state index in [9.17, 15) is 37.1 Å². The molecule has 0 saturated carbocycles. The SMILES string of the molecule is CCOC(=O)c1ccc(N2C(=O)[C@H]3[C@H](c4ccc(N(C)C)cc4)c4sc(=O)n(CC(=O)Nc5ccccc5C(F)(F)F)c4S[C@H]3C2=O)cc1. The number of esters is 1. The summed E-state index contributed by atoms with van der Waals surface area (Å²) >= 11 is 1.81. The van der Waals surface area contributed by atoms with Crippen molar-refractivity contribution < 1.29 is 37.1 Å². The minimum atomic E-state index is -4.72. The number of carbonyl (C=O) groups excluding carboxylic acids is 4. The number of ether oxygens (including phenoxy) is 1. The number of amides is 3. The number of anilines is 3. The van der Waals surface area contributed by atoms with Gasteiger partial charge in [0.25, 0.3) is 0 Å². The highest BCUT2D eigenvalue weighted by Gasteiger charge is 2.57. The monoisotopic (exact) mass is 710 g/mol. The Morgan fingerprint density at radius 2 is 1.61 bits per heavy atom. The van der Waals surface area contributed by atoms with Gasteiger partial charge in [-0.15, -0.1) is 0 Å². The summed E-state index contributed by atoms with van der Waals surface area (Å²) in [6.45, 7) is 1.24. The molecule has 3 aromatic carbocycles. The minimum absolute atomic E-state index is 0.179. The number of halogens is 3. The van der Waals surface area contributed by atoms with Crippen molar-refractivity contribution in [2.45, 2.75) is 35.8 Å². The van der Waals surface area contributed by atoms with Crippen molar-refractivity contribution in [3.8, 4) is 0 Å². The molecule has 49 heavy (non-hydrogen) atoms. The van der Waals surface area contributed by atoms with Gasteiger partial charge in [-0.1, -0.05) is 47.4 Å². The Morgan fingerprint density at radius 1 is 0.939 bits per heavy atom. The zero-order valence-electron chi connectivity index (χ0n) is 26.3. The van der Waals surface area contributed by atoms with E-state index in [1.165, 1.54) is 36.4 Å². The second-order valence-corrected chi connectivity index (χ2v) is 13.6. The van der Waals surface area contributed by atoms with Crippen LogP contribution < -0.4 is 20.0 Å². The van der Waals surface area contributed by atoms with Crippen molar-refractivity contribution in [1.82, 2.24) is 4.57 Å². The molecule has 4 aromatic rings. The molecule has 2 aliphatic rings. The molecule has 15 heteroatoms. The average molecular weight is 711 g/mol. The number of benzene rings is 3. The number of nitrogens with zero attached hydrogens (tertiary/aromatic N) is 3. The molecular weight excluding hydrogens is 682 g/mol. The maximum Gasteiger partial charge on any atom is 0.418 e. The molecule has 0 spiro atoms. The topological polar surface area (TPSA) is 118 Å². The molecule has 0 radical (unpaired) electrons. The lowest BCUT2D eigenvalue weighted by molar-refractivity contribution is -0.137. The molecule has 1 fully saturated rings. The molecule has 10 nitrogen and oxygen atoms in total. The van der Waals surface area contributed by atoms with E-state index in [0.717, 1.165) is 50.4 Å². The lowest BCUT2D eigenvalue weighted by atomic mass is 9.83. The van der Waals surface area contributed by atoms with Crippen LogP contribution in [0.4, 0.5) is 30.2 Å². The third-order valence-electron chi connectivity index (χ3n) is 8.26. The number of para-hydroxylation sites is 1. The first-order chi connectivity index (χ1) is 23.3. The van der Waals surface area contributed by atoms with E-state index in [-0.39, 0.29) is 22.9 Å². The molecule has 3 atom stereocenters. The Labute approximate surface area is 286 Å². The number of rotatable bonds is 8. The van der Waals surface area contributed by atoms with Gasteiger partial charge >= 0.3 is 17.0 Å². The van der Waals surface area contributed by atoms with Gasteiger partial charge in [0.15, 0.2) is 0 Å². The highest BCUT2D eigenvalue weighted by Crippen LogP contribution is 2.54. The van der Waals surface area contributed by atoms with Crippen LogP contribution in [0.2, 0.25) is 0 Å². The van der Waals surface area contributed by atoms with Gasteiger partial charge < -0.3 is 15.0 Å². The molecule has 254 valence electrons. The van der Waals surface area contributed by atoms with Gasteiger partial charge in [0.1, 0.15) is 11.8 Å². The number of alkyl halides is 3. The van der Waals surface area contributed by atoms with Crippen molar-refractivity contribution in [3.05, 3.63) is 104 Å². The van der Waals surface area contributed by atoms with E-state index in [1.807, 2.05) is 43.3 Å². The standard InChI is InChI=1S/C34H29F3N4O6S2/c1-4-47-32(45)19-11-15-21(16-12-19)41-29(43)26-25(18-9-13-20(14-10-18)39(2)3)28-31(48-27(26)30(41)44)40(33(46)49-28)17-24(42)38-23-8-6-5-7-22(23)34(35,36)37/h5-16,25-27H,4,17H2,1-3H3,(H,38,42)/t25-,26-,27+/m0/s1. The Kier molecular flexibility index (Phi) is 9.15. The summed E-state index contributed by atoms with van der Waals surface area (Å²) in [5.41, 5.74) is 0.557. The average Bonchev–Trinajstić information content (AvgIpc) is 3.50. The summed E-state index contributed by atoms with van der Waals surface area (Å²) in [6, 6.07) is 17.8. The van der Waals surface area contributed by atoms with Gasteiger partial charge in [0.2, 0.25) is 17.7 Å². The number of imide groups is 1. The van der Waals surface area contributed by atoms with Gasteiger partial charge in [-0.2, -0.15) is 13.2 Å². The van der Waals surface area contributed by atoms with E-state index < -0.39 is 69.6 Å². The van der Waals surface area contributed by atoms with Crippen LogP contribution in [-0.2, 0) is 31.8 Å². The Morgan fingerprint density at radius 3 is 2.24 bits per heavy atom. The number of carbonyl (C=O) groups is 4. The largest absolute Gasteiger partial charge is 0.462 e. The fourth-order valence-corrected chi connectivity index (χ4v) is 8.76. The normalized spacial score (nSPS) is 18.6. The highest BCUT2D eigenvalue weighted by atomic mass is 32.2. The van der Waals surface area contributed by atoms with Crippen LogP contribution in [0.3, 0.4) is 0 Å². The molecule has 3 heterocycles. The van der Waals surface area contributed by atoms with Crippen LogP contribution in [0.5, 0.6) is 0 Å². The Balaban J connectivity index is 1.38. The first-order valence-corrected chi connectivity index (χ1v) is 16.8. The van der Waals surface area contributed by atoms with E-state index in [4.69, 9.17) is 4.74 Å². The van der Waals surface area contributed by atoms with Gasteiger partial charge in [-0.05, 0) is 61.0 Å². The van der Waals surface area contributed by atoms with Crippen LogP contribution in [0.1, 0.15) is 39.2 Å². The summed E-state index contributed by atoms with van der Waals surface area (Å²) in [5, 5.41) is 1.57. The second-order valence-electron chi connectivity index (χ2n) is 11.5. The van der Waals surface area contributed by atoms with Gasteiger partial charge in [-0.25, -0.2) is 9.69 Å². The van der Waals surface area contributed by atoms with Crippen LogP contribution in [0.25, 0.3) is 0 Å². The van der Waals surface area contributed by atoms with Crippen molar-refractivity contribution in [2.75, 3.05) is 35.8 Å². The quantitative estimate of drug-likeness (QED) is 0.186. The van der Waals surface area contributed by atoms with Crippen LogP contribution in [0, 0.1) is 5.92 Å². The molecule has 1 saturated heterocycles. The summed E-state index contributed by atoms with van der Waals surface area (Å²) in [5.74, 6) is -4.12. The molecule has 2 aliphatic heterocycles. The lowest BCUT2D eigenvalue weighted by Gasteiger charge is -2.31. The molecule has 0 bridgehead atoms. The maximum atomic E-state index is 14.2. The van der Waals surface area contributed by atoms with Crippen LogP contribution in [-0.4, -0.2) is 54.2 Å². The van der Waals surface area contributed by atoms with Crippen molar-refractivity contribution in [3.63, 3.8) is 0 Å². The summed E-state index contributed by atoms with van der Waals surface area (Å²) in [4.78, 5) is 69.8. The van der Waals surface area contributed by atoms with Crippen LogP contribution in [0.15, 0.2) is 82.6 Å². The van der Waals surface area contributed by atoms with Crippen molar-refractivity contribution in [1.29, 1.82) is 0 Å². The highest BCUT2D eigenvalue weighted by molar-refractivity contribution is 8.00. The number of aromatic nitrogens is 1. The molecule has 6 rings (SSSR count). The minimum Gasteiger partial charge on any atom is -0.462 e. The van der Waals surface area contributed by atoms with E-state index in [1.54, 1.807) is 6.92 Å². The summed E-state index contributed by atoms with van der Waals surface area (Å²) < 4.78 is 46.9. The first-order valence-electron chi connectivity index (χ1n) is 15.1. The molecule has 1 N–H and O–H groups in total. The lowest BCUT2D eigenvalue weighted by Crippen LogP contribution is -2.33. The van der Waals surface area contributed by atoms with E-state index in [0.29, 0.717) is 10.4 Å². The van der Waals surface area contributed by atoms with E-state index >= 15 is 0 Å². The molecule has 0 unspecified atom stereocenters. The summed E-state index contributed by atoms with van der Waals surface area (Å²) in [7, 11) is 3.74.